The lowest BCUT2D eigenvalue weighted by atomic mass is 10.1. The van der Waals surface area contributed by atoms with Crippen LogP contribution in [0, 0.1) is 0 Å². The smallest absolute Gasteiger partial charge is 0.337 e. The molecule has 2 aromatic rings. The molecule has 0 aliphatic carbocycles. The van der Waals surface area contributed by atoms with E-state index in [0.717, 1.165) is 0 Å². The van der Waals surface area contributed by atoms with Crippen molar-refractivity contribution in [2.45, 2.75) is 0 Å². The zero-order chi connectivity index (χ0) is 18.9. The van der Waals surface area contributed by atoms with Crippen LogP contribution >= 0.6 is 11.6 Å². The van der Waals surface area contributed by atoms with Gasteiger partial charge in [-0.15, -0.1) is 0 Å². The van der Waals surface area contributed by atoms with E-state index in [1.54, 1.807) is 42.5 Å². The molecular formula is C18H17ClN2O5. The van der Waals surface area contributed by atoms with Crippen LogP contribution in [0.25, 0.3) is 0 Å². The molecule has 0 aliphatic heterocycles. The quantitative estimate of drug-likeness (QED) is 0.456. The number of oxime groups is 1. The van der Waals surface area contributed by atoms with E-state index in [1.807, 2.05) is 0 Å². The first-order chi connectivity index (χ1) is 12.5. The van der Waals surface area contributed by atoms with E-state index < -0.39 is 5.97 Å². The molecule has 1 amide bonds. The van der Waals surface area contributed by atoms with Crippen molar-refractivity contribution < 1.29 is 23.9 Å². The molecule has 2 aromatic carbocycles. The standard InChI is InChI=1S/C18H17ClN2O5/c1-24-16-8-7-14(9-15(16)19)21-17(22)11-26-20-10-12-3-5-13(6-4-12)18(23)25-2/h3-10H,11H2,1-2H3,(H,21,22)/b20-10+. The molecule has 0 saturated carbocycles. The fraction of sp³-hybridized carbons (Fsp3) is 0.167. The van der Waals surface area contributed by atoms with Gasteiger partial charge in [0.1, 0.15) is 5.75 Å². The minimum atomic E-state index is -0.417. The average molecular weight is 377 g/mol. The maximum Gasteiger partial charge on any atom is 0.337 e. The molecule has 0 saturated heterocycles. The van der Waals surface area contributed by atoms with Crippen LogP contribution < -0.4 is 10.1 Å². The maximum absolute atomic E-state index is 11.8. The van der Waals surface area contributed by atoms with E-state index in [1.165, 1.54) is 20.4 Å². The van der Waals surface area contributed by atoms with E-state index in [-0.39, 0.29) is 12.5 Å². The fourth-order valence-corrected chi connectivity index (χ4v) is 2.22. The summed E-state index contributed by atoms with van der Waals surface area (Å²) in [5.74, 6) is -0.284. The zero-order valence-corrected chi connectivity index (χ0v) is 14.9. The summed E-state index contributed by atoms with van der Waals surface area (Å²) in [7, 11) is 2.82. The Balaban J connectivity index is 1.81. The van der Waals surface area contributed by atoms with Gasteiger partial charge in [0, 0.05) is 5.69 Å². The highest BCUT2D eigenvalue weighted by Gasteiger charge is 2.06. The van der Waals surface area contributed by atoms with E-state index >= 15 is 0 Å². The third-order valence-corrected chi connectivity index (χ3v) is 3.53. The second kappa shape index (κ2) is 9.43. The van der Waals surface area contributed by atoms with Gasteiger partial charge < -0.3 is 19.6 Å². The molecule has 0 fully saturated rings. The van der Waals surface area contributed by atoms with Gasteiger partial charge in [0.05, 0.1) is 31.0 Å². The topological polar surface area (TPSA) is 86.2 Å². The van der Waals surface area contributed by atoms with Gasteiger partial charge >= 0.3 is 5.97 Å². The predicted octanol–water partition coefficient (Wildman–Crippen LogP) is 3.12. The third-order valence-electron chi connectivity index (χ3n) is 3.24. The summed E-state index contributed by atoms with van der Waals surface area (Å²) in [6.45, 7) is -0.263. The Morgan fingerprint density at radius 1 is 1.15 bits per heavy atom. The van der Waals surface area contributed by atoms with Crippen molar-refractivity contribution >= 4 is 35.4 Å². The van der Waals surface area contributed by atoms with Crippen molar-refractivity contribution in [2.75, 3.05) is 26.1 Å². The lowest BCUT2D eigenvalue weighted by Gasteiger charge is -2.07. The summed E-state index contributed by atoms with van der Waals surface area (Å²) in [4.78, 5) is 28.1. The van der Waals surface area contributed by atoms with Gasteiger partial charge in [0.15, 0.2) is 6.61 Å². The highest BCUT2D eigenvalue weighted by molar-refractivity contribution is 6.32. The minimum absolute atomic E-state index is 0.263. The van der Waals surface area contributed by atoms with Gasteiger partial charge in [0.25, 0.3) is 5.91 Å². The second-order valence-electron chi connectivity index (χ2n) is 5.02. The first kappa shape index (κ1) is 19.3. The average Bonchev–Trinajstić information content (AvgIpc) is 2.65. The first-order valence-electron chi connectivity index (χ1n) is 7.50. The zero-order valence-electron chi connectivity index (χ0n) is 14.2. The van der Waals surface area contributed by atoms with Crippen LogP contribution in [0.5, 0.6) is 5.75 Å². The summed E-state index contributed by atoms with van der Waals surface area (Å²) in [5.41, 5.74) is 1.66. The van der Waals surface area contributed by atoms with Crippen LogP contribution in [0.15, 0.2) is 47.6 Å². The number of halogens is 1. The molecule has 0 atom stereocenters. The van der Waals surface area contributed by atoms with Crippen molar-refractivity contribution in [1.82, 2.24) is 0 Å². The molecule has 2 rings (SSSR count). The number of carbonyl (C=O) groups excluding carboxylic acids is 2. The molecule has 1 N–H and O–H groups in total. The predicted molar refractivity (Wildman–Crippen MR) is 98.0 cm³/mol. The molecule has 8 heteroatoms. The number of methoxy groups -OCH3 is 2. The number of nitrogens with zero attached hydrogens (tertiary/aromatic N) is 1. The van der Waals surface area contributed by atoms with Crippen LogP contribution in [0.3, 0.4) is 0 Å². The number of ether oxygens (including phenoxy) is 2. The molecule has 0 spiro atoms. The van der Waals surface area contributed by atoms with Crippen LogP contribution in [-0.2, 0) is 14.4 Å². The fourth-order valence-electron chi connectivity index (χ4n) is 1.96. The van der Waals surface area contributed by atoms with Crippen molar-refractivity contribution in [1.29, 1.82) is 0 Å². The second-order valence-corrected chi connectivity index (χ2v) is 5.43. The van der Waals surface area contributed by atoms with Gasteiger partial charge in [-0.3, -0.25) is 4.79 Å². The Morgan fingerprint density at radius 3 is 2.50 bits per heavy atom. The number of rotatable bonds is 7. The van der Waals surface area contributed by atoms with E-state index in [2.05, 4.69) is 15.2 Å². The lowest BCUT2D eigenvalue weighted by molar-refractivity contribution is -0.120. The number of esters is 1. The Labute approximate surface area is 155 Å². The number of anilines is 1. The third kappa shape index (κ3) is 5.49. The highest BCUT2D eigenvalue weighted by atomic mass is 35.5. The van der Waals surface area contributed by atoms with E-state index in [9.17, 15) is 9.59 Å². The van der Waals surface area contributed by atoms with E-state index in [4.69, 9.17) is 21.2 Å². The van der Waals surface area contributed by atoms with Gasteiger partial charge in [0.2, 0.25) is 0 Å². The first-order valence-corrected chi connectivity index (χ1v) is 7.88. The number of carbonyl (C=O) groups is 2. The summed E-state index contributed by atoms with van der Waals surface area (Å²) in [6, 6.07) is 11.5. The number of nitrogens with one attached hydrogen (secondary N) is 1. The minimum Gasteiger partial charge on any atom is -0.495 e. The summed E-state index contributed by atoms with van der Waals surface area (Å²) in [5, 5.41) is 6.73. The molecule has 0 radical (unpaired) electrons. The molecule has 0 unspecified atom stereocenters. The van der Waals surface area contributed by atoms with Crippen LogP contribution in [0.1, 0.15) is 15.9 Å². The highest BCUT2D eigenvalue weighted by Crippen LogP contribution is 2.27. The Hall–Kier alpha value is -3.06. The Morgan fingerprint density at radius 2 is 1.88 bits per heavy atom. The molecule has 7 nitrogen and oxygen atoms in total. The molecular weight excluding hydrogens is 360 g/mol. The summed E-state index contributed by atoms with van der Waals surface area (Å²) < 4.78 is 9.65. The summed E-state index contributed by atoms with van der Waals surface area (Å²) in [6.07, 6.45) is 1.43. The number of amides is 1. The molecule has 0 aromatic heterocycles. The van der Waals surface area contributed by atoms with Gasteiger partial charge in [-0.2, -0.15) is 0 Å². The maximum atomic E-state index is 11.8. The molecule has 136 valence electrons. The number of hydrogen-bond acceptors (Lipinski definition) is 6. The van der Waals surface area contributed by atoms with Crippen molar-refractivity contribution in [3.8, 4) is 5.75 Å². The number of hydrogen-bond donors (Lipinski definition) is 1. The normalized spacial score (nSPS) is 10.4. The van der Waals surface area contributed by atoms with Gasteiger partial charge in [-0.25, -0.2) is 4.79 Å². The van der Waals surface area contributed by atoms with Gasteiger partial charge in [-0.1, -0.05) is 28.9 Å². The van der Waals surface area contributed by atoms with Crippen LogP contribution in [0.2, 0.25) is 5.02 Å². The van der Waals surface area contributed by atoms with Crippen LogP contribution in [-0.4, -0.2) is 38.9 Å². The Kier molecular flexibility index (Phi) is 6.99. The number of benzene rings is 2. The largest absolute Gasteiger partial charge is 0.495 e. The molecule has 26 heavy (non-hydrogen) atoms. The Bertz CT molecular complexity index is 806. The molecule has 0 heterocycles. The lowest BCUT2D eigenvalue weighted by Crippen LogP contribution is -2.16. The van der Waals surface area contributed by atoms with Crippen molar-refractivity contribution in [3.05, 3.63) is 58.6 Å². The summed E-state index contributed by atoms with van der Waals surface area (Å²) >= 11 is 5.99. The van der Waals surface area contributed by atoms with E-state index in [0.29, 0.717) is 27.6 Å². The SMILES string of the molecule is COC(=O)c1ccc(/C=N/OCC(=O)Nc2ccc(OC)c(Cl)c2)cc1. The molecule has 0 aliphatic rings. The van der Waals surface area contributed by atoms with Crippen molar-refractivity contribution in [2.24, 2.45) is 5.16 Å². The molecule has 0 bridgehead atoms. The van der Waals surface area contributed by atoms with Crippen LogP contribution in [0.4, 0.5) is 5.69 Å². The van der Waals surface area contributed by atoms with Crippen molar-refractivity contribution in [3.63, 3.8) is 0 Å². The monoisotopic (exact) mass is 376 g/mol. The van der Waals surface area contributed by atoms with Gasteiger partial charge in [-0.05, 0) is 35.9 Å².